The van der Waals surface area contributed by atoms with Crippen molar-refractivity contribution in [1.82, 2.24) is 4.72 Å². The quantitative estimate of drug-likeness (QED) is 0.857. The molecule has 2 aromatic rings. The summed E-state index contributed by atoms with van der Waals surface area (Å²) < 4.78 is 31.6. The molecule has 1 fully saturated rings. The molecule has 1 aromatic carbocycles. The molecule has 0 unspecified atom stereocenters. The Morgan fingerprint density at radius 3 is 2.50 bits per heavy atom. The molecular weight excluding hydrogens is 276 g/mol. The van der Waals surface area contributed by atoms with Crippen LogP contribution < -0.4 is 10.0 Å². The van der Waals surface area contributed by atoms with Crippen LogP contribution in [-0.2, 0) is 16.6 Å². The van der Waals surface area contributed by atoms with Gasteiger partial charge in [-0.1, -0.05) is 0 Å². The predicted molar refractivity (Wildman–Crippen MR) is 75.8 cm³/mol. The van der Waals surface area contributed by atoms with Crippen molar-refractivity contribution in [3.8, 4) is 0 Å². The van der Waals surface area contributed by atoms with Crippen molar-refractivity contribution < 1.29 is 12.8 Å². The van der Waals surface area contributed by atoms with Crippen LogP contribution in [0.5, 0.6) is 0 Å². The lowest BCUT2D eigenvalue weighted by Gasteiger charge is -2.08. The molecule has 6 heteroatoms. The molecule has 1 heterocycles. The minimum Gasteiger partial charge on any atom is -0.472 e. The van der Waals surface area contributed by atoms with Gasteiger partial charge in [0.25, 0.3) is 0 Å². The van der Waals surface area contributed by atoms with E-state index in [0.717, 1.165) is 24.1 Å². The molecule has 1 aliphatic rings. The van der Waals surface area contributed by atoms with Crippen LogP contribution in [0.25, 0.3) is 0 Å². The number of rotatable bonds is 6. The fourth-order valence-electron chi connectivity index (χ4n) is 1.84. The maximum atomic E-state index is 12.0. The molecule has 0 atom stereocenters. The van der Waals surface area contributed by atoms with E-state index in [-0.39, 0.29) is 6.04 Å². The maximum Gasteiger partial charge on any atom is 0.240 e. The molecule has 20 heavy (non-hydrogen) atoms. The molecule has 0 spiro atoms. The zero-order valence-corrected chi connectivity index (χ0v) is 11.7. The molecule has 1 aromatic heterocycles. The molecule has 2 N–H and O–H groups in total. The number of anilines is 1. The first-order valence-corrected chi connectivity index (χ1v) is 7.99. The van der Waals surface area contributed by atoms with Gasteiger partial charge in [0.15, 0.2) is 0 Å². The molecule has 3 rings (SSSR count). The Bertz CT molecular complexity index is 659. The smallest absolute Gasteiger partial charge is 0.240 e. The Hall–Kier alpha value is -1.79. The SMILES string of the molecule is O=S(=O)(NC1CC1)c1ccc(NCc2ccoc2)cc1. The van der Waals surface area contributed by atoms with Crippen LogP contribution in [0.15, 0.2) is 52.2 Å². The molecule has 0 amide bonds. The van der Waals surface area contributed by atoms with Crippen LogP contribution in [0.1, 0.15) is 18.4 Å². The molecule has 0 saturated heterocycles. The number of furan rings is 1. The predicted octanol–water partition coefficient (Wildman–Crippen LogP) is 2.33. The van der Waals surface area contributed by atoms with Crippen LogP contribution in [0.3, 0.4) is 0 Å². The monoisotopic (exact) mass is 292 g/mol. The number of sulfonamides is 1. The second-order valence-electron chi connectivity index (χ2n) is 4.91. The summed E-state index contributed by atoms with van der Waals surface area (Å²) in [7, 11) is -3.36. The largest absolute Gasteiger partial charge is 0.472 e. The van der Waals surface area contributed by atoms with Gasteiger partial charge in [-0.2, -0.15) is 0 Å². The van der Waals surface area contributed by atoms with Crippen molar-refractivity contribution in [3.05, 3.63) is 48.4 Å². The van der Waals surface area contributed by atoms with Crippen molar-refractivity contribution >= 4 is 15.7 Å². The molecular formula is C14H16N2O3S. The first-order chi connectivity index (χ1) is 9.63. The van der Waals surface area contributed by atoms with Crippen molar-refractivity contribution in [2.45, 2.75) is 30.3 Å². The Kier molecular flexibility index (Phi) is 3.50. The lowest BCUT2D eigenvalue weighted by molar-refractivity contribution is 0.564. The Morgan fingerprint density at radius 1 is 1.15 bits per heavy atom. The summed E-state index contributed by atoms with van der Waals surface area (Å²) in [6.45, 7) is 0.642. The van der Waals surface area contributed by atoms with E-state index >= 15 is 0 Å². The van der Waals surface area contributed by atoms with E-state index < -0.39 is 10.0 Å². The minimum absolute atomic E-state index is 0.124. The van der Waals surface area contributed by atoms with Gasteiger partial charge in [0.2, 0.25) is 10.0 Å². The van der Waals surface area contributed by atoms with Crippen molar-refractivity contribution in [2.24, 2.45) is 0 Å². The zero-order chi connectivity index (χ0) is 14.0. The van der Waals surface area contributed by atoms with Gasteiger partial charge in [0, 0.05) is 23.8 Å². The van der Waals surface area contributed by atoms with Gasteiger partial charge in [0.05, 0.1) is 17.4 Å². The second kappa shape index (κ2) is 5.30. The highest BCUT2D eigenvalue weighted by atomic mass is 32.2. The van der Waals surface area contributed by atoms with E-state index in [2.05, 4.69) is 10.0 Å². The molecule has 0 aliphatic heterocycles. The fourth-order valence-corrected chi connectivity index (χ4v) is 3.14. The summed E-state index contributed by atoms with van der Waals surface area (Å²) in [6.07, 6.45) is 5.16. The highest BCUT2D eigenvalue weighted by Crippen LogP contribution is 2.22. The lowest BCUT2D eigenvalue weighted by atomic mass is 10.3. The summed E-state index contributed by atoms with van der Waals surface area (Å²) in [5.41, 5.74) is 1.91. The second-order valence-corrected chi connectivity index (χ2v) is 6.62. The lowest BCUT2D eigenvalue weighted by Crippen LogP contribution is -2.25. The highest BCUT2D eigenvalue weighted by molar-refractivity contribution is 7.89. The molecule has 1 saturated carbocycles. The van der Waals surface area contributed by atoms with E-state index in [1.54, 1.807) is 36.8 Å². The van der Waals surface area contributed by atoms with Crippen LogP contribution in [-0.4, -0.2) is 14.5 Å². The summed E-state index contributed by atoms with van der Waals surface area (Å²) in [5.74, 6) is 0. The van der Waals surface area contributed by atoms with E-state index in [9.17, 15) is 8.42 Å². The number of benzene rings is 1. The molecule has 106 valence electrons. The van der Waals surface area contributed by atoms with E-state index in [4.69, 9.17) is 4.42 Å². The van der Waals surface area contributed by atoms with Gasteiger partial charge in [0.1, 0.15) is 0 Å². The number of nitrogens with one attached hydrogen (secondary N) is 2. The molecule has 0 bridgehead atoms. The fraction of sp³-hybridized carbons (Fsp3) is 0.286. The third-order valence-corrected chi connectivity index (χ3v) is 4.68. The van der Waals surface area contributed by atoms with E-state index in [1.807, 2.05) is 6.07 Å². The summed E-state index contributed by atoms with van der Waals surface area (Å²) in [6, 6.07) is 8.76. The van der Waals surface area contributed by atoms with E-state index in [0.29, 0.717) is 11.4 Å². The molecule has 0 radical (unpaired) electrons. The minimum atomic E-state index is -3.36. The maximum absolute atomic E-state index is 12.0. The topological polar surface area (TPSA) is 71.3 Å². The summed E-state index contributed by atoms with van der Waals surface area (Å²) in [5, 5.41) is 3.20. The Morgan fingerprint density at radius 2 is 1.90 bits per heavy atom. The Labute approximate surface area is 118 Å². The van der Waals surface area contributed by atoms with Gasteiger partial charge in [-0.3, -0.25) is 0 Å². The summed E-state index contributed by atoms with van der Waals surface area (Å²) in [4.78, 5) is 0.304. The average molecular weight is 292 g/mol. The molecule has 1 aliphatic carbocycles. The third kappa shape index (κ3) is 3.20. The van der Waals surface area contributed by atoms with Gasteiger partial charge in [-0.25, -0.2) is 13.1 Å². The third-order valence-electron chi connectivity index (χ3n) is 3.14. The van der Waals surface area contributed by atoms with Crippen LogP contribution in [0.2, 0.25) is 0 Å². The normalized spacial score (nSPS) is 15.2. The van der Waals surface area contributed by atoms with E-state index in [1.165, 1.54) is 0 Å². The Balaban J connectivity index is 1.64. The number of hydrogen-bond donors (Lipinski definition) is 2. The first-order valence-electron chi connectivity index (χ1n) is 6.51. The average Bonchev–Trinajstić information content (AvgIpc) is 3.08. The zero-order valence-electron chi connectivity index (χ0n) is 10.9. The van der Waals surface area contributed by atoms with Gasteiger partial charge in [-0.15, -0.1) is 0 Å². The van der Waals surface area contributed by atoms with Crippen molar-refractivity contribution in [3.63, 3.8) is 0 Å². The first kappa shape index (κ1) is 13.2. The molecule has 5 nitrogen and oxygen atoms in total. The van der Waals surface area contributed by atoms with Gasteiger partial charge >= 0.3 is 0 Å². The van der Waals surface area contributed by atoms with Crippen molar-refractivity contribution in [2.75, 3.05) is 5.32 Å². The van der Waals surface area contributed by atoms with Gasteiger partial charge < -0.3 is 9.73 Å². The van der Waals surface area contributed by atoms with Crippen LogP contribution >= 0.6 is 0 Å². The van der Waals surface area contributed by atoms with Gasteiger partial charge in [-0.05, 0) is 43.2 Å². The van der Waals surface area contributed by atoms with Crippen molar-refractivity contribution in [1.29, 1.82) is 0 Å². The summed E-state index contributed by atoms with van der Waals surface area (Å²) >= 11 is 0. The van der Waals surface area contributed by atoms with Crippen LogP contribution in [0.4, 0.5) is 5.69 Å². The standard InChI is InChI=1S/C14H16N2O3S/c17-20(18,16-13-1-2-13)14-5-3-12(4-6-14)15-9-11-7-8-19-10-11/h3-8,10,13,15-16H,1-2,9H2. The number of hydrogen-bond acceptors (Lipinski definition) is 4. The highest BCUT2D eigenvalue weighted by Gasteiger charge is 2.27. The van der Waals surface area contributed by atoms with Crippen LogP contribution in [0, 0.1) is 0 Å².